The van der Waals surface area contributed by atoms with Crippen molar-refractivity contribution in [3.8, 4) is 0 Å². The number of hydrogen-bond acceptors (Lipinski definition) is 2. The van der Waals surface area contributed by atoms with Gasteiger partial charge in [0.1, 0.15) is 11.6 Å². The second kappa shape index (κ2) is 12.5. The van der Waals surface area contributed by atoms with Crippen LogP contribution in [0.2, 0.25) is 0 Å². The molecule has 0 fully saturated rings. The van der Waals surface area contributed by atoms with E-state index in [1.54, 1.807) is 12.1 Å². The second-order valence-electron chi connectivity index (χ2n) is 14.7. The zero-order valence-corrected chi connectivity index (χ0v) is 31.0. The van der Waals surface area contributed by atoms with E-state index >= 15 is 8.78 Å². The molecule has 8 rings (SSSR count). The summed E-state index contributed by atoms with van der Waals surface area (Å²) in [6.07, 6.45) is 0. The van der Waals surface area contributed by atoms with Crippen LogP contribution in [0.25, 0.3) is 32.3 Å². The monoisotopic (exact) mass is 684 g/mol. The van der Waals surface area contributed by atoms with Gasteiger partial charge in [-0.15, -0.1) is 0 Å². The van der Waals surface area contributed by atoms with E-state index < -0.39 is 0 Å². The van der Waals surface area contributed by atoms with Crippen LogP contribution in [-0.2, 0) is 0 Å². The zero-order valence-electron chi connectivity index (χ0n) is 31.0. The van der Waals surface area contributed by atoms with Crippen molar-refractivity contribution in [2.24, 2.45) is 0 Å². The third-order valence-electron chi connectivity index (χ3n) is 10.6. The first-order chi connectivity index (χ1) is 24.9. The summed E-state index contributed by atoms with van der Waals surface area (Å²) in [6.45, 7) is 16.6. The minimum absolute atomic E-state index is 0.315. The average Bonchev–Trinajstić information content (AvgIpc) is 3.08. The number of nitrogens with zero attached hydrogens (tertiary/aromatic N) is 2. The minimum atomic E-state index is -0.315. The molecule has 8 aromatic rings. The molecular weight excluding hydrogens is 643 g/mol. The lowest BCUT2D eigenvalue weighted by atomic mass is 9.90. The van der Waals surface area contributed by atoms with E-state index in [4.69, 9.17) is 0 Å². The highest BCUT2D eigenvalue weighted by molar-refractivity contribution is 6.28. The largest absolute Gasteiger partial charge is 0.307 e. The van der Waals surface area contributed by atoms with Crippen LogP contribution in [0.3, 0.4) is 0 Å². The van der Waals surface area contributed by atoms with E-state index in [-0.39, 0.29) is 11.6 Å². The number of hydrogen-bond donors (Lipinski definition) is 0. The van der Waals surface area contributed by atoms with E-state index in [1.807, 2.05) is 24.3 Å². The number of aryl methyl sites for hydroxylation is 8. The summed E-state index contributed by atoms with van der Waals surface area (Å²) < 4.78 is 33.9. The molecule has 258 valence electrons. The molecule has 0 heterocycles. The smallest absolute Gasteiger partial charge is 0.148 e. The number of benzene rings is 8. The van der Waals surface area contributed by atoms with Gasteiger partial charge in [0.05, 0.1) is 11.4 Å². The van der Waals surface area contributed by atoms with Crippen molar-refractivity contribution in [2.45, 2.75) is 55.4 Å². The Kier molecular flexibility index (Phi) is 8.02. The fraction of sp³-hybridized carbons (Fsp3) is 0.167. The Bertz CT molecular complexity index is 2420. The van der Waals surface area contributed by atoms with Gasteiger partial charge in [-0.3, -0.25) is 0 Å². The molecule has 0 aliphatic heterocycles. The maximum Gasteiger partial charge on any atom is 0.148 e. The van der Waals surface area contributed by atoms with Crippen molar-refractivity contribution in [1.29, 1.82) is 0 Å². The van der Waals surface area contributed by atoms with Gasteiger partial charge in [-0.2, -0.15) is 0 Å². The Hall–Kier alpha value is -5.74. The maximum absolute atomic E-state index is 17.0. The molecule has 4 heteroatoms. The summed E-state index contributed by atoms with van der Waals surface area (Å²) in [4.78, 5) is 4.15. The highest BCUT2D eigenvalue weighted by atomic mass is 19.1. The Morgan fingerprint density at radius 1 is 0.346 bits per heavy atom. The SMILES string of the molecule is Cc1ccc(N(c2ccc(C)cc2C)c2c(F)cc3ccc4c(N(c5ccc(C)cc5C)c5ccc(C)cc5C)c(F)cc5ccc2c3c54)c(C)c1. The lowest BCUT2D eigenvalue weighted by Crippen LogP contribution is -2.16. The van der Waals surface area contributed by atoms with E-state index in [1.165, 1.54) is 0 Å². The van der Waals surface area contributed by atoms with Crippen LogP contribution in [-0.4, -0.2) is 0 Å². The van der Waals surface area contributed by atoms with Crippen molar-refractivity contribution in [2.75, 3.05) is 9.80 Å². The summed E-state index contributed by atoms with van der Waals surface area (Å²) in [5, 5.41) is 4.92. The normalized spacial score (nSPS) is 11.7. The number of anilines is 6. The molecule has 0 atom stereocenters. The molecule has 0 aliphatic rings. The molecular formula is C48H42F2N2. The number of halogens is 2. The van der Waals surface area contributed by atoms with E-state index in [0.29, 0.717) is 11.4 Å². The summed E-state index contributed by atoms with van der Waals surface area (Å²) >= 11 is 0. The third-order valence-corrected chi connectivity index (χ3v) is 10.6. The maximum atomic E-state index is 17.0. The van der Waals surface area contributed by atoms with Crippen LogP contribution in [0.4, 0.5) is 42.9 Å². The van der Waals surface area contributed by atoms with Gasteiger partial charge in [-0.05, 0) is 136 Å². The lowest BCUT2D eigenvalue weighted by molar-refractivity contribution is 0.631. The van der Waals surface area contributed by atoms with Gasteiger partial charge >= 0.3 is 0 Å². The predicted octanol–water partition coefficient (Wildman–Crippen LogP) is 14.3. The van der Waals surface area contributed by atoms with Crippen LogP contribution in [0.1, 0.15) is 44.5 Å². The summed E-state index contributed by atoms with van der Waals surface area (Å²) in [5.74, 6) is -0.631. The summed E-state index contributed by atoms with van der Waals surface area (Å²) in [6, 6.07) is 36.3. The summed E-state index contributed by atoms with van der Waals surface area (Å²) in [7, 11) is 0. The Balaban J connectivity index is 1.48. The van der Waals surface area contributed by atoms with Crippen LogP contribution in [0.15, 0.2) is 109 Å². The van der Waals surface area contributed by atoms with Crippen LogP contribution in [0.5, 0.6) is 0 Å². The fourth-order valence-corrected chi connectivity index (χ4v) is 8.27. The van der Waals surface area contributed by atoms with Crippen molar-refractivity contribution in [3.05, 3.63) is 165 Å². The van der Waals surface area contributed by atoms with Gasteiger partial charge in [-0.1, -0.05) is 95.1 Å². The highest BCUT2D eigenvalue weighted by Crippen LogP contribution is 2.50. The molecule has 0 amide bonds. The van der Waals surface area contributed by atoms with E-state index in [0.717, 1.165) is 99.6 Å². The zero-order chi connectivity index (χ0) is 36.6. The Morgan fingerprint density at radius 2 is 0.635 bits per heavy atom. The number of rotatable bonds is 6. The van der Waals surface area contributed by atoms with Crippen LogP contribution < -0.4 is 9.80 Å². The highest BCUT2D eigenvalue weighted by Gasteiger charge is 2.28. The first-order valence-electron chi connectivity index (χ1n) is 17.9. The molecule has 0 spiro atoms. The van der Waals surface area contributed by atoms with Gasteiger partial charge in [-0.25, -0.2) is 8.78 Å². The topological polar surface area (TPSA) is 6.48 Å². The van der Waals surface area contributed by atoms with E-state index in [9.17, 15) is 0 Å². The standard InChI is InChI=1S/C48H42F2N2/c1-27-9-17-41(31(5)21-27)51(42-18-10-28(2)22-32(42)6)47-37-15-13-36-26-40(50)48(38-16-14-35(25-39(47)49)45(37)46(36)38)52(43-19-11-29(3)23-33(43)7)44-20-12-30(4)24-34(44)8/h9-26H,1-8H3. The fourth-order valence-electron chi connectivity index (χ4n) is 8.27. The molecule has 0 saturated carbocycles. The molecule has 0 unspecified atom stereocenters. The molecule has 0 bridgehead atoms. The van der Waals surface area contributed by atoms with Gasteiger partial charge in [0, 0.05) is 33.5 Å². The van der Waals surface area contributed by atoms with Crippen LogP contribution >= 0.6 is 0 Å². The van der Waals surface area contributed by atoms with Gasteiger partial charge in [0.25, 0.3) is 0 Å². The van der Waals surface area contributed by atoms with E-state index in [2.05, 4.69) is 138 Å². The molecule has 8 aromatic carbocycles. The third kappa shape index (κ3) is 5.36. The van der Waals surface area contributed by atoms with Gasteiger partial charge in [0.2, 0.25) is 0 Å². The van der Waals surface area contributed by atoms with Crippen LogP contribution in [0, 0.1) is 67.0 Å². The Labute approximate surface area is 304 Å². The van der Waals surface area contributed by atoms with Crippen molar-refractivity contribution >= 4 is 66.4 Å². The van der Waals surface area contributed by atoms with Crippen molar-refractivity contribution < 1.29 is 8.78 Å². The second-order valence-corrected chi connectivity index (χ2v) is 14.7. The van der Waals surface area contributed by atoms with Gasteiger partial charge < -0.3 is 9.80 Å². The summed E-state index contributed by atoms with van der Waals surface area (Å²) in [5.41, 5.74) is 13.4. The first kappa shape index (κ1) is 33.4. The van der Waals surface area contributed by atoms with Crippen molar-refractivity contribution in [3.63, 3.8) is 0 Å². The quantitative estimate of drug-likeness (QED) is 0.161. The molecule has 0 aliphatic carbocycles. The molecule has 0 radical (unpaired) electrons. The Morgan fingerprint density at radius 3 is 0.904 bits per heavy atom. The average molecular weight is 685 g/mol. The molecule has 2 nitrogen and oxygen atoms in total. The molecule has 0 saturated heterocycles. The van der Waals surface area contributed by atoms with Crippen molar-refractivity contribution in [1.82, 2.24) is 0 Å². The predicted molar refractivity (Wildman–Crippen MR) is 217 cm³/mol. The molecule has 52 heavy (non-hydrogen) atoms. The lowest BCUT2D eigenvalue weighted by Gasteiger charge is -2.32. The molecule has 0 aromatic heterocycles. The van der Waals surface area contributed by atoms with Gasteiger partial charge in [0.15, 0.2) is 0 Å². The molecule has 0 N–H and O–H groups in total. The first-order valence-corrected chi connectivity index (χ1v) is 17.9. The minimum Gasteiger partial charge on any atom is -0.307 e.